The van der Waals surface area contributed by atoms with Gasteiger partial charge in [0.05, 0.1) is 15.7 Å². The Morgan fingerprint density at radius 3 is 2.68 bits per heavy atom. The highest BCUT2D eigenvalue weighted by molar-refractivity contribution is 8.14. The van der Waals surface area contributed by atoms with E-state index in [4.69, 9.17) is 28.2 Å². The summed E-state index contributed by atoms with van der Waals surface area (Å²) in [6, 6.07) is 5.64. The molecule has 2 nitrogen and oxygen atoms in total. The first-order chi connectivity index (χ1) is 10.7. The van der Waals surface area contributed by atoms with Crippen molar-refractivity contribution >= 4 is 45.8 Å². The minimum absolute atomic E-state index is 0.554. The summed E-state index contributed by atoms with van der Waals surface area (Å²) in [6.07, 6.45) is 8.32. The van der Waals surface area contributed by atoms with Crippen LogP contribution in [-0.4, -0.2) is 28.9 Å². The molecule has 1 aromatic rings. The summed E-state index contributed by atoms with van der Waals surface area (Å²) in [6.45, 7) is 2.24. The van der Waals surface area contributed by atoms with Crippen molar-refractivity contribution in [1.82, 2.24) is 4.90 Å². The quantitative estimate of drug-likeness (QED) is 0.617. The Hall–Kier alpha value is -0.380. The molecule has 0 unspecified atom stereocenters. The van der Waals surface area contributed by atoms with Crippen molar-refractivity contribution in [2.75, 3.05) is 18.8 Å². The molecule has 1 saturated heterocycles. The molecule has 0 N–H and O–H groups in total. The van der Waals surface area contributed by atoms with Gasteiger partial charge in [-0.15, -0.1) is 0 Å². The fourth-order valence-corrected chi connectivity index (χ4v) is 4.59. The maximum Gasteiger partial charge on any atom is 0.164 e. The fourth-order valence-electron chi connectivity index (χ4n) is 3.25. The first-order valence-corrected chi connectivity index (χ1v) is 9.88. The van der Waals surface area contributed by atoms with Gasteiger partial charge in [0.25, 0.3) is 0 Å². The number of thioether (sulfide) groups is 1. The molecule has 0 aromatic heterocycles. The molecular formula is C17H22Cl2N2S. The van der Waals surface area contributed by atoms with Gasteiger partial charge in [-0.25, -0.2) is 4.99 Å². The third-order valence-corrected chi connectivity index (χ3v) is 6.27. The van der Waals surface area contributed by atoms with Crippen LogP contribution in [0.5, 0.6) is 0 Å². The van der Waals surface area contributed by atoms with Gasteiger partial charge in [0.15, 0.2) is 5.17 Å². The van der Waals surface area contributed by atoms with Crippen LogP contribution in [0, 0.1) is 5.92 Å². The zero-order chi connectivity index (χ0) is 15.4. The van der Waals surface area contributed by atoms with E-state index in [9.17, 15) is 0 Å². The number of aliphatic imine (C=N–C) groups is 1. The van der Waals surface area contributed by atoms with Crippen molar-refractivity contribution in [1.29, 1.82) is 0 Å². The van der Waals surface area contributed by atoms with Gasteiger partial charge in [-0.1, -0.05) is 66.7 Å². The molecule has 0 amide bonds. The van der Waals surface area contributed by atoms with Gasteiger partial charge in [0.1, 0.15) is 0 Å². The van der Waals surface area contributed by atoms with Gasteiger partial charge < -0.3 is 4.90 Å². The Morgan fingerprint density at radius 2 is 1.91 bits per heavy atom. The lowest BCUT2D eigenvalue weighted by atomic mass is 10.00. The molecule has 0 radical (unpaired) electrons. The molecule has 0 bridgehead atoms. The second-order valence-electron chi connectivity index (χ2n) is 6.12. The van der Waals surface area contributed by atoms with Crippen LogP contribution >= 0.6 is 35.0 Å². The summed E-state index contributed by atoms with van der Waals surface area (Å²) in [4.78, 5) is 7.22. The van der Waals surface area contributed by atoms with E-state index in [1.165, 1.54) is 38.5 Å². The van der Waals surface area contributed by atoms with Gasteiger partial charge in [0.2, 0.25) is 0 Å². The number of hydrogen-bond donors (Lipinski definition) is 0. The molecule has 3 rings (SSSR count). The molecule has 1 heterocycles. The van der Waals surface area contributed by atoms with Crippen LogP contribution in [0.4, 0.5) is 5.69 Å². The lowest BCUT2D eigenvalue weighted by Gasteiger charge is -2.24. The van der Waals surface area contributed by atoms with E-state index < -0.39 is 0 Å². The summed E-state index contributed by atoms with van der Waals surface area (Å²) in [5.74, 6) is 1.94. The van der Waals surface area contributed by atoms with Crippen LogP contribution in [-0.2, 0) is 0 Å². The Morgan fingerprint density at radius 1 is 1.14 bits per heavy atom. The molecule has 1 aliphatic carbocycles. The molecule has 22 heavy (non-hydrogen) atoms. The van der Waals surface area contributed by atoms with E-state index in [2.05, 4.69) is 4.90 Å². The zero-order valence-corrected chi connectivity index (χ0v) is 15.1. The number of nitrogens with zero attached hydrogens (tertiary/aromatic N) is 2. The Balaban J connectivity index is 1.72. The highest BCUT2D eigenvalue weighted by atomic mass is 35.5. The molecule has 0 atom stereocenters. The highest BCUT2D eigenvalue weighted by Gasteiger charge is 2.24. The molecule has 0 spiro atoms. The van der Waals surface area contributed by atoms with Crippen molar-refractivity contribution in [2.45, 2.75) is 38.5 Å². The lowest BCUT2D eigenvalue weighted by Crippen LogP contribution is -2.30. The van der Waals surface area contributed by atoms with Crippen LogP contribution in [0.1, 0.15) is 38.5 Å². The number of rotatable bonds is 3. The van der Waals surface area contributed by atoms with Crippen LogP contribution in [0.25, 0.3) is 0 Å². The van der Waals surface area contributed by atoms with E-state index in [-0.39, 0.29) is 0 Å². The van der Waals surface area contributed by atoms with Gasteiger partial charge in [-0.3, -0.25) is 0 Å². The molecule has 1 aliphatic heterocycles. The maximum atomic E-state index is 6.27. The smallest absolute Gasteiger partial charge is 0.164 e. The van der Waals surface area contributed by atoms with Crippen LogP contribution in [0.3, 0.4) is 0 Å². The molecule has 1 aromatic carbocycles. The van der Waals surface area contributed by atoms with Crippen LogP contribution in [0.15, 0.2) is 23.2 Å². The van der Waals surface area contributed by atoms with E-state index in [0.29, 0.717) is 10.0 Å². The average Bonchev–Trinajstić information content (AvgIpc) is 2.78. The summed E-state index contributed by atoms with van der Waals surface area (Å²) in [7, 11) is 0. The van der Waals surface area contributed by atoms with Crippen molar-refractivity contribution in [3.8, 4) is 0 Å². The standard InChI is InChI=1S/C17H22Cl2N2S/c18-14-8-5-9-15(16(14)19)20-17-21(10-11-22-17)12-13-6-3-1-2-4-7-13/h5,8-9,13H,1-4,6-7,10-12H2. The summed E-state index contributed by atoms with van der Waals surface area (Å²) in [5.41, 5.74) is 0.782. The monoisotopic (exact) mass is 356 g/mol. The second-order valence-corrected chi connectivity index (χ2v) is 7.97. The molecule has 120 valence electrons. The number of benzene rings is 1. The maximum absolute atomic E-state index is 6.27. The zero-order valence-electron chi connectivity index (χ0n) is 12.7. The largest absolute Gasteiger partial charge is 0.350 e. The number of amidine groups is 1. The minimum atomic E-state index is 0.554. The topological polar surface area (TPSA) is 15.6 Å². The molecular weight excluding hydrogens is 335 g/mol. The predicted molar refractivity (Wildman–Crippen MR) is 98.8 cm³/mol. The van der Waals surface area contributed by atoms with Crippen LogP contribution in [0.2, 0.25) is 10.0 Å². The van der Waals surface area contributed by atoms with Crippen molar-refractivity contribution in [3.05, 3.63) is 28.2 Å². The molecule has 2 fully saturated rings. The van der Waals surface area contributed by atoms with Gasteiger partial charge >= 0.3 is 0 Å². The van der Waals surface area contributed by atoms with Crippen molar-refractivity contribution < 1.29 is 0 Å². The van der Waals surface area contributed by atoms with Gasteiger partial charge in [-0.05, 0) is 30.9 Å². The summed E-state index contributed by atoms with van der Waals surface area (Å²) >= 11 is 14.2. The highest BCUT2D eigenvalue weighted by Crippen LogP contribution is 2.34. The molecule has 2 aliphatic rings. The first-order valence-electron chi connectivity index (χ1n) is 8.14. The van der Waals surface area contributed by atoms with E-state index in [0.717, 1.165) is 35.6 Å². The Kier molecular flexibility index (Phi) is 5.95. The SMILES string of the molecule is Clc1cccc(N=C2SCCN2CC2CCCCCC2)c1Cl. The first kappa shape index (κ1) is 16.5. The normalized spacial score (nSPS) is 22.3. The fraction of sp³-hybridized carbons (Fsp3) is 0.588. The van der Waals surface area contributed by atoms with Gasteiger partial charge in [-0.2, -0.15) is 0 Å². The summed E-state index contributed by atoms with van der Waals surface area (Å²) in [5, 5.41) is 2.23. The Labute approximate surface area is 147 Å². The third-order valence-electron chi connectivity index (χ3n) is 4.46. The summed E-state index contributed by atoms with van der Waals surface area (Å²) < 4.78 is 0. The minimum Gasteiger partial charge on any atom is -0.350 e. The van der Waals surface area contributed by atoms with Crippen LogP contribution < -0.4 is 0 Å². The molecule has 1 saturated carbocycles. The lowest BCUT2D eigenvalue weighted by molar-refractivity contribution is 0.333. The van der Waals surface area contributed by atoms with Crippen molar-refractivity contribution in [2.24, 2.45) is 10.9 Å². The van der Waals surface area contributed by atoms with E-state index in [1.807, 2.05) is 23.9 Å². The van der Waals surface area contributed by atoms with E-state index >= 15 is 0 Å². The number of halogens is 2. The molecule has 5 heteroatoms. The van der Waals surface area contributed by atoms with Gasteiger partial charge in [0, 0.05) is 18.8 Å². The third kappa shape index (κ3) is 4.12. The number of hydrogen-bond acceptors (Lipinski definition) is 2. The van der Waals surface area contributed by atoms with Crippen molar-refractivity contribution in [3.63, 3.8) is 0 Å². The second kappa shape index (κ2) is 7.94. The predicted octanol–water partition coefficient (Wildman–Crippen LogP) is 6.00. The Bertz CT molecular complexity index is 539. The van der Waals surface area contributed by atoms with E-state index in [1.54, 1.807) is 6.07 Å². The average molecular weight is 357 g/mol.